The molecule has 0 spiro atoms. The van der Waals surface area contributed by atoms with Gasteiger partial charge >= 0.3 is 0 Å². The Morgan fingerprint density at radius 2 is 1.09 bits per heavy atom. The smallest absolute Gasteiger partial charge is 0.0649 e. The van der Waals surface area contributed by atoms with Crippen molar-refractivity contribution >= 4 is 32.8 Å². The van der Waals surface area contributed by atoms with E-state index in [0.29, 0.717) is 5.92 Å². The molecule has 0 amide bonds. The molecule has 0 aliphatic rings. The van der Waals surface area contributed by atoms with Gasteiger partial charge in [-0.3, -0.25) is 4.99 Å². The van der Waals surface area contributed by atoms with Crippen LogP contribution in [-0.2, 0) is 4.74 Å². The summed E-state index contributed by atoms with van der Waals surface area (Å²) in [7, 11) is 3.61. The molecule has 2 heteroatoms. The topological polar surface area (TPSA) is 21.6 Å². The highest BCUT2D eigenvalue weighted by Crippen LogP contribution is 2.33. The van der Waals surface area contributed by atoms with Gasteiger partial charge in [0.05, 0.1) is 11.3 Å². The van der Waals surface area contributed by atoms with Crippen molar-refractivity contribution in [2.24, 2.45) is 10.9 Å². The quantitative estimate of drug-likeness (QED) is 0.0903. The van der Waals surface area contributed by atoms with Crippen molar-refractivity contribution in [2.45, 2.75) is 61.0 Å². The minimum absolute atomic E-state index is 0.0417. The van der Waals surface area contributed by atoms with Gasteiger partial charge in [-0.15, -0.1) is 32.9 Å². The first-order chi connectivity index (χ1) is 27.4. The molecule has 0 heterocycles. The number of nitrogens with zero attached hydrogens (tertiary/aromatic N) is 1. The van der Waals surface area contributed by atoms with Crippen LogP contribution in [0, 0.1) is 12.8 Å². The first-order valence-corrected chi connectivity index (χ1v) is 19.5. The van der Waals surface area contributed by atoms with Gasteiger partial charge in [0.2, 0.25) is 0 Å². The average molecular weight is 758 g/mol. The fourth-order valence-corrected chi connectivity index (χ4v) is 5.51. The second kappa shape index (κ2) is 26.9. The summed E-state index contributed by atoms with van der Waals surface area (Å²) in [5, 5.41) is 5.11. The summed E-state index contributed by atoms with van der Waals surface area (Å²) >= 11 is 0. The van der Waals surface area contributed by atoms with Crippen LogP contribution in [0.5, 0.6) is 0 Å². The Labute approximate surface area is 346 Å². The maximum Gasteiger partial charge on any atom is 0.0649 e. The molecule has 0 aliphatic heterocycles. The standard InChI is InChI=1S/C37H29N.C7H16O.3C3H6.C2H4/c1-26-21-32(30-19-20-35-31(23-30)18-17-28-13-9-10-16-34(28)35)24-33(22-26)36(27-11-5-3-6-12-27)25-37(38-2)29-14-7-4-8-15-29;1-6(2)7(3,4)8-5;3*1-3-2;1-2/h3-25H,1-2H3;6H,1-5H3;3*3H,1H2,2H3;1-2H2/b36-25-,38-37?;;;;;. The number of ether oxygens (including phenoxy) is 1. The van der Waals surface area contributed by atoms with E-state index in [1.54, 1.807) is 25.3 Å². The summed E-state index contributed by atoms with van der Waals surface area (Å²) in [5.74, 6) is 0.590. The average Bonchev–Trinajstić information content (AvgIpc) is 3.23. The van der Waals surface area contributed by atoms with Crippen LogP contribution < -0.4 is 0 Å². The molecule has 0 aliphatic carbocycles. The molecule has 6 aromatic carbocycles. The first kappa shape index (κ1) is 49.2. The van der Waals surface area contributed by atoms with Crippen LogP contribution in [0.25, 0.3) is 38.2 Å². The highest BCUT2D eigenvalue weighted by Gasteiger charge is 2.20. The number of fused-ring (bicyclic) bond motifs is 3. The SMILES string of the molecule is C=C.C=CC.C=CC.C=CC.CN=C(/C=C(/c1ccccc1)c1cc(C)cc(-c2ccc3c(ccc4ccccc43)c2)c1)c1ccccc1.COC(C)(C)C(C)C. The van der Waals surface area contributed by atoms with Gasteiger partial charge in [-0.05, 0) is 126 Å². The van der Waals surface area contributed by atoms with Crippen LogP contribution in [0.2, 0.25) is 0 Å². The van der Waals surface area contributed by atoms with E-state index >= 15 is 0 Å². The lowest BCUT2D eigenvalue weighted by Gasteiger charge is -2.26. The predicted octanol–water partition coefficient (Wildman–Crippen LogP) is 16.0. The van der Waals surface area contributed by atoms with Crippen molar-refractivity contribution in [3.8, 4) is 11.1 Å². The molecule has 0 fully saturated rings. The zero-order chi connectivity index (χ0) is 42.8. The van der Waals surface area contributed by atoms with Gasteiger partial charge in [-0.2, -0.15) is 0 Å². The van der Waals surface area contributed by atoms with Gasteiger partial charge in [0.15, 0.2) is 0 Å². The normalized spacial score (nSPS) is 10.7. The van der Waals surface area contributed by atoms with Crippen LogP contribution in [0.15, 0.2) is 196 Å². The van der Waals surface area contributed by atoms with E-state index in [1.165, 1.54) is 49.4 Å². The number of aliphatic imine (C=N–C) groups is 1. The van der Waals surface area contributed by atoms with Crippen LogP contribution in [0.1, 0.15) is 70.7 Å². The molecule has 0 aromatic heterocycles. The number of benzene rings is 6. The highest BCUT2D eigenvalue weighted by atomic mass is 16.5. The Morgan fingerprint density at radius 1 is 0.596 bits per heavy atom. The van der Waals surface area contributed by atoms with Gasteiger partial charge in [0.25, 0.3) is 0 Å². The summed E-state index contributed by atoms with van der Waals surface area (Å²) < 4.78 is 5.20. The van der Waals surface area contributed by atoms with Gasteiger partial charge in [0.1, 0.15) is 0 Å². The molecule has 0 bridgehead atoms. The molecular formula is C55H67NO. The highest BCUT2D eigenvalue weighted by molar-refractivity contribution is 6.14. The number of hydrogen-bond acceptors (Lipinski definition) is 2. The van der Waals surface area contributed by atoms with E-state index < -0.39 is 0 Å². The largest absolute Gasteiger partial charge is 0.379 e. The van der Waals surface area contributed by atoms with Crippen molar-refractivity contribution in [3.63, 3.8) is 0 Å². The van der Waals surface area contributed by atoms with E-state index in [2.05, 4.69) is 206 Å². The number of hydrogen-bond donors (Lipinski definition) is 0. The fourth-order valence-electron chi connectivity index (χ4n) is 5.51. The number of allylic oxidation sites excluding steroid dienone is 4. The van der Waals surface area contributed by atoms with Crippen molar-refractivity contribution in [1.82, 2.24) is 0 Å². The summed E-state index contributed by atoms with van der Waals surface area (Å²) in [6.07, 6.45) is 7.47. The molecule has 0 saturated carbocycles. The van der Waals surface area contributed by atoms with Gasteiger partial charge < -0.3 is 4.74 Å². The number of aryl methyl sites for hydroxylation is 1. The molecule has 0 saturated heterocycles. The fraction of sp³-hybridized carbons (Fsp3) is 0.218. The molecular weight excluding hydrogens is 691 g/mol. The van der Waals surface area contributed by atoms with Crippen molar-refractivity contribution in [3.05, 3.63) is 213 Å². The third-order valence-corrected chi connectivity index (χ3v) is 9.06. The predicted molar refractivity (Wildman–Crippen MR) is 259 cm³/mol. The molecule has 57 heavy (non-hydrogen) atoms. The molecule has 0 atom stereocenters. The lowest BCUT2D eigenvalue weighted by Crippen LogP contribution is -2.29. The van der Waals surface area contributed by atoms with Crippen LogP contribution in [0.3, 0.4) is 0 Å². The third-order valence-electron chi connectivity index (χ3n) is 9.06. The maximum atomic E-state index is 5.20. The number of methoxy groups -OCH3 is 1. The van der Waals surface area contributed by atoms with E-state index in [1.807, 2.05) is 33.9 Å². The summed E-state index contributed by atoms with van der Waals surface area (Å²) in [6.45, 7) is 32.4. The lowest BCUT2D eigenvalue weighted by atomic mass is 9.90. The Morgan fingerprint density at radius 3 is 1.60 bits per heavy atom. The Balaban J connectivity index is 0.000000723. The van der Waals surface area contributed by atoms with Crippen molar-refractivity contribution < 1.29 is 4.74 Å². The zero-order valence-corrected chi connectivity index (χ0v) is 36.5. The second-order valence-electron chi connectivity index (χ2n) is 13.9. The van der Waals surface area contributed by atoms with E-state index in [-0.39, 0.29) is 5.60 Å². The third kappa shape index (κ3) is 15.7. The first-order valence-electron chi connectivity index (χ1n) is 19.5. The summed E-state index contributed by atoms with van der Waals surface area (Å²) in [4.78, 5) is 4.65. The second-order valence-corrected chi connectivity index (χ2v) is 13.9. The minimum atomic E-state index is 0.0417. The van der Waals surface area contributed by atoms with Gasteiger partial charge in [-0.1, -0.05) is 153 Å². The Kier molecular flexibility index (Phi) is 23.2. The van der Waals surface area contributed by atoms with E-state index in [0.717, 1.165) is 16.8 Å². The van der Waals surface area contributed by atoms with Crippen LogP contribution >= 0.6 is 0 Å². The van der Waals surface area contributed by atoms with Gasteiger partial charge in [-0.25, -0.2) is 0 Å². The van der Waals surface area contributed by atoms with E-state index in [4.69, 9.17) is 4.74 Å². The Hall–Kier alpha value is -5.83. The monoisotopic (exact) mass is 758 g/mol. The number of rotatable bonds is 7. The maximum absolute atomic E-state index is 5.20. The van der Waals surface area contributed by atoms with Crippen molar-refractivity contribution in [1.29, 1.82) is 0 Å². The van der Waals surface area contributed by atoms with Crippen molar-refractivity contribution in [2.75, 3.05) is 14.2 Å². The van der Waals surface area contributed by atoms with Gasteiger partial charge in [0, 0.05) is 14.2 Å². The molecule has 2 nitrogen and oxygen atoms in total. The zero-order valence-electron chi connectivity index (χ0n) is 36.5. The van der Waals surface area contributed by atoms with Crippen LogP contribution in [-0.4, -0.2) is 25.5 Å². The Bertz CT molecular complexity index is 2140. The molecule has 0 unspecified atom stereocenters. The molecule has 0 radical (unpaired) electrons. The molecule has 0 N–H and O–H groups in total. The van der Waals surface area contributed by atoms with E-state index in [9.17, 15) is 0 Å². The molecule has 298 valence electrons. The lowest BCUT2D eigenvalue weighted by molar-refractivity contribution is -0.0157. The minimum Gasteiger partial charge on any atom is -0.379 e. The molecule has 6 rings (SSSR count). The summed E-state index contributed by atoms with van der Waals surface area (Å²) in [6, 6.07) is 47.7. The molecule has 6 aromatic rings. The van der Waals surface area contributed by atoms with Crippen LogP contribution in [0.4, 0.5) is 0 Å². The summed E-state index contributed by atoms with van der Waals surface area (Å²) in [5.41, 5.74) is 9.29.